The summed E-state index contributed by atoms with van der Waals surface area (Å²) in [5, 5.41) is 2.77. The van der Waals surface area contributed by atoms with E-state index in [1.54, 1.807) is 0 Å². The van der Waals surface area contributed by atoms with Gasteiger partial charge in [0.2, 0.25) is 5.91 Å². The van der Waals surface area contributed by atoms with Crippen LogP contribution >= 0.6 is 11.6 Å². The summed E-state index contributed by atoms with van der Waals surface area (Å²) in [6.07, 6.45) is -5.76. The van der Waals surface area contributed by atoms with E-state index in [1.807, 2.05) is 0 Å². The lowest BCUT2D eigenvalue weighted by molar-refractivity contribution is -0.284. The third-order valence-electron chi connectivity index (χ3n) is 6.33. The van der Waals surface area contributed by atoms with Crippen molar-refractivity contribution in [1.82, 2.24) is 24.3 Å². The number of fused-ring (bicyclic) bond motifs is 2. The third kappa shape index (κ3) is 3.99. The van der Waals surface area contributed by atoms with Crippen LogP contribution in [0.5, 0.6) is 0 Å². The molecule has 0 bridgehead atoms. The fourth-order valence-electron chi connectivity index (χ4n) is 4.30. The summed E-state index contributed by atoms with van der Waals surface area (Å²) in [5.74, 6) is -6.48. The van der Waals surface area contributed by atoms with Crippen molar-refractivity contribution in [2.75, 3.05) is 11.1 Å². The van der Waals surface area contributed by atoms with Crippen LogP contribution in [0, 0.1) is 5.82 Å². The third-order valence-corrected chi connectivity index (χ3v) is 6.55. The summed E-state index contributed by atoms with van der Waals surface area (Å²) < 4.78 is 80.0. The Hall–Kier alpha value is -3.94. The molecule has 4 aromatic heterocycles. The molecule has 5 heterocycles. The summed E-state index contributed by atoms with van der Waals surface area (Å²) in [6.45, 7) is 1.51. The molecule has 0 saturated carbocycles. The number of hydrogen-bond acceptors (Lipinski definition) is 6. The summed E-state index contributed by atoms with van der Waals surface area (Å²) in [6, 6.07) is 5.39. The Morgan fingerprint density at radius 3 is 2.50 bits per heavy atom. The topological polar surface area (TPSA) is 111 Å². The second-order valence-corrected chi connectivity index (χ2v) is 9.21. The number of halogens is 7. The van der Waals surface area contributed by atoms with Crippen LogP contribution in [0.25, 0.3) is 17.0 Å². The van der Waals surface area contributed by atoms with E-state index >= 15 is 0 Å². The van der Waals surface area contributed by atoms with Crippen molar-refractivity contribution in [2.24, 2.45) is 0 Å². The van der Waals surface area contributed by atoms with Gasteiger partial charge < -0.3 is 15.5 Å². The number of nitrogens with zero attached hydrogens (tertiary/aromatic N) is 5. The number of nitrogen functional groups attached to an aromatic ring is 1. The highest BCUT2D eigenvalue weighted by molar-refractivity contribution is 6.30. The van der Waals surface area contributed by atoms with Crippen LogP contribution in [0.3, 0.4) is 0 Å². The number of carbonyl (C=O) groups excluding carboxylic acids is 1. The van der Waals surface area contributed by atoms with Crippen LogP contribution in [-0.2, 0) is 16.6 Å². The minimum Gasteiger partial charge on any atom is -0.383 e. The summed E-state index contributed by atoms with van der Waals surface area (Å²) in [4.78, 5) is 29.8. The van der Waals surface area contributed by atoms with Crippen LogP contribution in [0.1, 0.15) is 30.4 Å². The molecule has 1 aliphatic rings. The number of carbonyl (C=O) groups is 1. The minimum atomic E-state index is -5.72. The molecule has 0 aromatic carbocycles. The second kappa shape index (κ2) is 8.55. The molecule has 15 heteroatoms. The number of pyridine rings is 2. The van der Waals surface area contributed by atoms with Crippen LogP contribution in [0.4, 0.5) is 38.0 Å². The van der Waals surface area contributed by atoms with E-state index in [1.165, 1.54) is 35.7 Å². The zero-order valence-corrected chi connectivity index (χ0v) is 20.0. The largest absolute Gasteiger partial charge is 0.453 e. The van der Waals surface area contributed by atoms with Crippen molar-refractivity contribution in [3.63, 3.8) is 0 Å². The number of rotatable bonds is 5. The lowest BCUT2D eigenvalue weighted by atomic mass is 9.81. The number of imidazole rings is 1. The summed E-state index contributed by atoms with van der Waals surface area (Å²) >= 11 is 6.02. The molecule has 0 saturated heterocycles. The highest BCUT2D eigenvalue weighted by atomic mass is 35.5. The van der Waals surface area contributed by atoms with Crippen LogP contribution in [-0.4, -0.2) is 42.3 Å². The first-order chi connectivity index (χ1) is 17.7. The van der Waals surface area contributed by atoms with E-state index in [0.29, 0.717) is 0 Å². The van der Waals surface area contributed by atoms with E-state index in [0.717, 1.165) is 12.3 Å². The Balaban J connectivity index is 1.60. The molecule has 198 valence electrons. The van der Waals surface area contributed by atoms with Gasteiger partial charge in [-0.05, 0) is 31.2 Å². The second-order valence-electron chi connectivity index (χ2n) is 8.78. The van der Waals surface area contributed by atoms with Crippen molar-refractivity contribution in [3.05, 3.63) is 64.6 Å². The van der Waals surface area contributed by atoms with Gasteiger partial charge in [0.25, 0.3) is 0 Å². The maximum absolute atomic E-state index is 13.6. The molecule has 0 radical (unpaired) electrons. The molecular formula is C23H16ClF6N7O. The average Bonchev–Trinajstić information content (AvgIpc) is 3.32. The normalized spacial score (nSPS) is 17.6. The maximum atomic E-state index is 13.6. The number of amides is 1. The van der Waals surface area contributed by atoms with E-state index in [9.17, 15) is 31.1 Å². The zero-order chi connectivity index (χ0) is 27.6. The van der Waals surface area contributed by atoms with Crippen LogP contribution in [0.15, 0.2) is 36.7 Å². The molecule has 38 heavy (non-hydrogen) atoms. The van der Waals surface area contributed by atoms with E-state index in [2.05, 4.69) is 25.3 Å². The molecular weight excluding hydrogens is 540 g/mol. The molecule has 8 nitrogen and oxygen atoms in total. The maximum Gasteiger partial charge on any atom is 0.453 e. The Kier molecular flexibility index (Phi) is 5.78. The number of nitrogens with one attached hydrogen (secondary N) is 1. The molecule has 0 aliphatic carbocycles. The predicted molar refractivity (Wildman–Crippen MR) is 124 cm³/mol. The SMILES string of the molecule is CC1(c2ccc(F)cn2)C(=O)Nc2nc(-c3nc(CCC(F)(F)C(F)(F)F)n4cc(Cl)ccc34)nc(N)c21. The Bertz CT molecular complexity index is 1590. The molecule has 1 atom stereocenters. The standard InChI is InChI=1S/C23H16ClF6N7O/c1-21(13-5-3-11(25)8-32-13)15-17(31)34-19(35-18(15)36-20(21)38)16-12-4-2-10(24)9-37(12)14(33-16)6-7-22(26,27)23(28,29)30/h2-5,8-9H,6-7H2,1H3,(H3,31,34,35,36,38). The van der Waals surface area contributed by atoms with Crippen LogP contribution < -0.4 is 11.1 Å². The number of aromatic nitrogens is 5. The number of nitrogens with two attached hydrogens (primary N) is 1. The predicted octanol–water partition coefficient (Wildman–Crippen LogP) is 4.95. The van der Waals surface area contributed by atoms with Gasteiger partial charge in [-0.1, -0.05) is 11.6 Å². The summed E-state index contributed by atoms with van der Waals surface area (Å²) in [5.41, 5.74) is 5.42. The average molecular weight is 556 g/mol. The van der Waals surface area contributed by atoms with Gasteiger partial charge in [0.1, 0.15) is 34.4 Å². The monoisotopic (exact) mass is 555 g/mol. The van der Waals surface area contributed by atoms with Crippen molar-refractivity contribution < 1.29 is 31.1 Å². The van der Waals surface area contributed by atoms with Crippen molar-refractivity contribution in [2.45, 2.75) is 37.3 Å². The highest BCUT2D eigenvalue weighted by Crippen LogP contribution is 2.44. The highest BCUT2D eigenvalue weighted by Gasteiger charge is 2.56. The smallest absolute Gasteiger partial charge is 0.383 e. The minimum absolute atomic E-state index is 0.0178. The van der Waals surface area contributed by atoms with Crippen LogP contribution in [0.2, 0.25) is 5.02 Å². The fourth-order valence-corrected chi connectivity index (χ4v) is 4.46. The van der Waals surface area contributed by atoms with Crippen molar-refractivity contribution >= 4 is 34.7 Å². The first-order valence-electron chi connectivity index (χ1n) is 11.0. The first kappa shape index (κ1) is 25.7. The molecule has 4 aromatic rings. The fraction of sp³-hybridized carbons (Fsp3) is 0.261. The van der Waals surface area contributed by atoms with E-state index in [-0.39, 0.29) is 50.8 Å². The van der Waals surface area contributed by atoms with E-state index < -0.39 is 42.1 Å². The Labute approximate surface area is 214 Å². The summed E-state index contributed by atoms with van der Waals surface area (Å²) in [7, 11) is 0. The Morgan fingerprint density at radius 2 is 1.84 bits per heavy atom. The molecule has 1 aliphatic heterocycles. The molecule has 5 rings (SSSR count). The zero-order valence-electron chi connectivity index (χ0n) is 19.2. The molecule has 1 unspecified atom stereocenters. The van der Waals surface area contributed by atoms with Crippen molar-refractivity contribution in [3.8, 4) is 11.5 Å². The Morgan fingerprint density at radius 1 is 1.11 bits per heavy atom. The van der Waals surface area contributed by atoms with Gasteiger partial charge in [-0.25, -0.2) is 19.3 Å². The lowest BCUT2D eigenvalue weighted by Crippen LogP contribution is -2.36. The number of anilines is 2. The molecule has 0 fully saturated rings. The van der Waals surface area contributed by atoms with Gasteiger partial charge in [0.05, 0.1) is 28.0 Å². The lowest BCUT2D eigenvalue weighted by Gasteiger charge is -2.22. The van der Waals surface area contributed by atoms with Gasteiger partial charge in [-0.15, -0.1) is 0 Å². The first-order valence-corrected chi connectivity index (χ1v) is 11.3. The van der Waals surface area contributed by atoms with Gasteiger partial charge in [-0.3, -0.25) is 9.78 Å². The number of hydrogen-bond donors (Lipinski definition) is 2. The van der Waals surface area contributed by atoms with Crippen molar-refractivity contribution in [1.29, 1.82) is 0 Å². The van der Waals surface area contributed by atoms with Gasteiger partial charge in [-0.2, -0.15) is 22.0 Å². The molecule has 1 amide bonds. The van der Waals surface area contributed by atoms with Gasteiger partial charge >= 0.3 is 12.1 Å². The van der Waals surface area contributed by atoms with Gasteiger partial charge in [0, 0.05) is 19.0 Å². The quantitative estimate of drug-likeness (QED) is 0.337. The van der Waals surface area contributed by atoms with Gasteiger partial charge in [0.15, 0.2) is 5.82 Å². The molecule has 0 spiro atoms. The van der Waals surface area contributed by atoms with E-state index in [4.69, 9.17) is 17.3 Å². The number of aryl methyl sites for hydroxylation is 1. The molecule has 3 N–H and O–H groups in total. The number of alkyl halides is 5.